The van der Waals surface area contributed by atoms with E-state index in [9.17, 15) is 4.79 Å². The fourth-order valence-corrected chi connectivity index (χ4v) is 2.81. The predicted octanol–water partition coefficient (Wildman–Crippen LogP) is 4.39. The van der Waals surface area contributed by atoms with Crippen molar-refractivity contribution in [1.82, 2.24) is 5.32 Å². The molecule has 1 atom stereocenters. The van der Waals surface area contributed by atoms with Crippen LogP contribution in [0.1, 0.15) is 49.4 Å². The van der Waals surface area contributed by atoms with Crippen LogP contribution in [0.2, 0.25) is 0 Å². The zero-order valence-electron chi connectivity index (χ0n) is 17.0. The van der Waals surface area contributed by atoms with Crippen molar-refractivity contribution in [2.45, 2.75) is 39.7 Å². The van der Waals surface area contributed by atoms with Gasteiger partial charge in [-0.05, 0) is 55.2 Å². The van der Waals surface area contributed by atoms with Gasteiger partial charge in [0.25, 0.3) is 5.91 Å². The fourth-order valence-electron chi connectivity index (χ4n) is 2.81. The van der Waals surface area contributed by atoms with E-state index < -0.39 is 0 Å². The summed E-state index contributed by atoms with van der Waals surface area (Å²) in [5.41, 5.74) is 3.04. The normalized spacial score (nSPS) is 11.8. The average Bonchev–Trinajstić information content (AvgIpc) is 2.66. The Labute approximate surface area is 161 Å². The summed E-state index contributed by atoms with van der Waals surface area (Å²) in [7, 11) is 3.21. The summed E-state index contributed by atoms with van der Waals surface area (Å²) in [6.07, 6.45) is 0. The molecule has 0 fully saturated rings. The first kappa shape index (κ1) is 20.6. The molecule has 0 aromatic heterocycles. The van der Waals surface area contributed by atoms with Gasteiger partial charge < -0.3 is 19.5 Å². The molecule has 0 aliphatic rings. The van der Waals surface area contributed by atoms with Gasteiger partial charge in [0.1, 0.15) is 17.2 Å². The highest BCUT2D eigenvalue weighted by molar-refractivity contribution is 5.78. The first-order valence-corrected chi connectivity index (χ1v) is 9.10. The van der Waals surface area contributed by atoms with Crippen molar-refractivity contribution >= 4 is 5.91 Å². The van der Waals surface area contributed by atoms with Crippen molar-refractivity contribution in [3.05, 3.63) is 53.1 Å². The summed E-state index contributed by atoms with van der Waals surface area (Å²) in [5, 5.41) is 2.95. The van der Waals surface area contributed by atoms with Crippen LogP contribution in [0.3, 0.4) is 0 Å². The smallest absolute Gasteiger partial charge is 0.258 e. The maximum atomic E-state index is 12.4. The third-order valence-electron chi connectivity index (χ3n) is 4.52. The highest BCUT2D eigenvalue weighted by atomic mass is 16.5. The molecule has 0 saturated heterocycles. The number of ether oxygens (including phenoxy) is 3. The predicted molar refractivity (Wildman–Crippen MR) is 107 cm³/mol. The van der Waals surface area contributed by atoms with Gasteiger partial charge in [0, 0.05) is 5.56 Å². The van der Waals surface area contributed by atoms with Gasteiger partial charge in [0.15, 0.2) is 6.61 Å². The van der Waals surface area contributed by atoms with Gasteiger partial charge in [0.05, 0.1) is 20.3 Å². The Morgan fingerprint density at radius 3 is 2.37 bits per heavy atom. The second-order valence-electron chi connectivity index (χ2n) is 6.87. The molecule has 0 spiro atoms. The van der Waals surface area contributed by atoms with Crippen LogP contribution in [0.25, 0.3) is 0 Å². The van der Waals surface area contributed by atoms with Crippen LogP contribution in [0.15, 0.2) is 36.4 Å². The molecule has 2 aromatic carbocycles. The molecule has 1 N–H and O–H groups in total. The van der Waals surface area contributed by atoms with Gasteiger partial charge in [-0.15, -0.1) is 0 Å². The average molecular weight is 371 g/mol. The first-order valence-electron chi connectivity index (χ1n) is 9.10. The maximum absolute atomic E-state index is 12.4. The molecule has 0 aliphatic carbocycles. The van der Waals surface area contributed by atoms with Gasteiger partial charge in [-0.3, -0.25) is 4.79 Å². The van der Waals surface area contributed by atoms with E-state index in [1.54, 1.807) is 14.2 Å². The lowest BCUT2D eigenvalue weighted by Gasteiger charge is -2.19. The molecule has 0 aliphatic heterocycles. The SMILES string of the molecule is COc1ccc(OC)c([C@H](C)NC(=O)COc2cc(C(C)C)ccc2C)c1. The van der Waals surface area contributed by atoms with Crippen LogP contribution in [0, 0.1) is 6.92 Å². The molecule has 1 amide bonds. The van der Waals surface area contributed by atoms with Gasteiger partial charge in [-0.25, -0.2) is 0 Å². The lowest BCUT2D eigenvalue weighted by molar-refractivity contribution is -0.123. The number of aryl methyl sites for hydroxylation is 1. The zero-order valence-corrected chi connectivity index (χ0v) is 17.0. The Kier molecular flexibility index (Phi) is 7.11. The summed E-state index contributed by atoms with van der Waals surface area (Å²) < 4.78 is 16.4. The molecule has 5 nitrogen and oxygen atoms in total. The summed E-state index contributed by atoms with van der Waals surface area (Å²) in [6.45, 7) is 8.09. The third-order valence-corrected chi connectivity index (χ3v) is 4.52. The van der Waals surface area contributed by atoms with Crippen LogP contribution < -0.4 is 19.5 Å². The van der Waals surface area contributed by atoms with Gasteiger partial charge in [-0.2, -0.15) is 0 Å². The lowest BCUT2D eigenvalue weighted by atomic mass is 10.0. The maximum Gasteiger partial charge on any atom is 0.258 e. The molecule has 146 valence electrons. The van der Waals surface area contributed by atoms with Crippen molar-refractivity contribution in [3.63, 3.8) is 0 Å². The van der Waals surface area contributed by atoms with E-state index in [4.69, 9.17) is 14.2 Å². The number of carbonyl (C=O) groups is 1. The minimum Gasteiger partial charge on any atom is -0.497 e. The standard InChI is InChI=1S/C22H29NO4/c1-14(2)17-8-7-15(3)21(11-17)27-13-22(24)23-16(4)19-12-18(25-5)9-10-20(19)26-6/h7-12,14,16H,13H2,1-6H3,(H,23,24)/t16-/m0/s1. The molecular formula is C22H29NO4. The summed E-state index contributed by atoms with van der Waals surface area (Å²) in [6, 6.07) is 11.4. The fraction of sp³-hybridized carbons (Fsp3) is 0.409. The van der Waals surface area contributed by atoms with E-state index in [1.807, 2.05) is 44.2 Å². The van der Waals surface area contributed by atoms with E-state index in [1.165, 1.54) is 5.56 Å². The van der Waals surface area contributed by atoms with Crippen LogP contribution in [-0.2, 0) is 4.79 Å². The minimum atomic E-state index is -0.241. The number of nitrogens with one attached hydrogen (secondary N) is 1. The van der Waals surface area contributed by atoms with Crippen molar-refractivity contribution < 1.29 is 19.0 Å². The second-order valence-corrected chi connectivity index (χ2v) is 6.87. The van der Waals surface area contributed by atoms with Crippen molar-refractivity contribution in [3.8, 4) is 17.2 Å². The van der Waals surface area contributed by atoms with E-state index in [2.05, 4.69) is 25.2 Å². The highest BCUT2D eigenvalue weighted by Crippen LogP contribution is 2.29. The largest absolute Gasteiger partial charge is 0.497 e. The Bertz CT molecular complexity index is 786. The van der Waals surface area contributed by atoms with Crippen LogP contribution in [-0.4, -0.2) is 26.7 Å². The number of carbonyl (C=O) groups excluding carboxylic acids is 1. The Morgan fingerprint density at radius 1 is 1.00 bits per heavy atom. The number of hydrogen-bond acceptors (Lipinski definition) is 4. The monoisotopic (exact) mass is 371 g/mol. The molecule has 0 bridgehead atoms. The Balaban J connectivity index is 2.03. The molecule has 0 radical (unpaired) electrons. The van der Waals surface area contributed by atoms with Gasteiger partial charge >= 0.3 is 0 Å². The number of rotatable bonds is 8. The van der Waals surface area contributed by atoms with E-state index >= 15 is 0 Å². The highest BCUT2D eigenvalue weighted by Gasteiger charge is 2.16. The van der Waals surface area contributed by atoms with Crippen molar-refractivity contribution in [1.29, 1.82) is 0 Å². The summed E-state index contributed by atoms with van der Waals surface area (Å²) in [4.78, 5) is 12.4. The molecule has 0 unspecified atom stereocenters. The third kappa shape index (κ3) is 5.39. The van der Waals surface area contributed by atoms with Gasteiger partial charge in [0.2, 0.25) is 0 Å². The zero-order chi connectivity index (χ0) is 20.0. The molecule has 2 aromatic rings. The van der Waals surface area contributed by atoms with E-state index in [0.717, 1.165) is 16.9 Å². The van der Waals surface area contributed by atoms with Crippen LogP contribution in [0.4, 0.5) is 0 Å². The quantitative estimate of drug-likeness (QED) is 0.748. The minimum absolute atomic E-state index is 0.0426. The number of methoxy groups -OCH3 is 2. The second kappa shape index (κ2) is 9.31. The molecule has 5 heteroatoms. The topological polar surface area (TPSA) is 56.8 Å². The van der Waals surface area contributed by atoms with Crippen LogP contribution in [0.5, 0.6) is 17.2 Å². The molecular weight excluding hydrogens is 342 g/mol. The lowest BCUT2D eigenvalue weighted by Crippen LogP contribution is -2.31. The van der Waals surface area contributed by atoms with E-state index in [-0.39, 0.29) is 18.6 Å². The van der Waals surface area contributed by atoms with Crippen molar-refractivity contribution in [2.75, 3.05) is 20.8 Å². The van der Waals surface area contributed by atoms with E-state index in [0.29, 0.717) is 17.4 Å². The Morgan fingerprint density at radius 2 is 1.74 bits per heavy atom. The molecule has 27 heavy (non-hydrogen) atoms. The number of hydrogen-bond donors (Lipinski definition) is 1. The van der Waals surface area contributed by atoms with Crippen molar-refractivity contribution in [2.24, 2.45) is 0 Å². The molecule has 2 rings (SSSR count). The summed E-state index contributed by atoms with van der Waals surface area (Å²) in [5.74, 6) is 2.36. The number of benzene rings is 2. The molecule has 0 saturated carbocycles. The van der Waals surface area contributed by atoms with Crippen LogP contribution >= 0.6 is 0 Å². The number of amides is 1. The Hall–Kier alpha value is -2.69. The summed E-state index contributed by atoms with van der Waals surface area (Å²) >= 11 is 0. The first-order chi connectivity index (χ1) is 12.8. The molecule has 0 heterocycles. The van der Waals surface area contributed by atoms with Gasteiger partial charge in [-0.1, -0.05) is 26.0 Å².